The summed E-state index contributed by atoms with van der Waals surface area (Å²) in [6, 6.07) is 5.87. The maximum absolute atomic E-state index is 10.5. The fraction of sp³-hybridized carbons (Fsp3) is 0. The summed E-state index contributed by atoms with van der Waals surface area (Å²) >= 11 is 0. The molecule has 0 unspecified atom stereocenters. The second-order valence-electron chi connectivity index (χ2n) is 2.92. The molecule has 0 aliphatic rings. The molecule has 78 valence electrons. The molecule has 1 aromatic carbocycles. The average Bonchev–Trinajstić information content (AvgIpc) is 2.81. The summed E-state index contributed by atoms with van der Waals surface area (Å²) in [4.78, 5) is 9.98. The maximum atomic E-state index is 10.5. The summed E-state index contributed by atoms with van der Waals surface area (Å²) in [6.45, 7) is 0. The summed E-state index contributed by atoms with van der Waals surface area (Å²) in [6.07, 6.45) is 3.02. The van der Waals surface area contributed by atoms with Crippen molar-refractivity contribution in [2.45, 2.75) is 0 Å². The molecule has 2 rings (SSSR count). The number of benzene rings is 1. The molecule has 0 atom stereocenters. The molecule has 1 aromatic heterocycles. The lowest BCUT2D eigenvalue weighted by atomic mass is 10.2. The molecule has 0 aliphatic heterocycles. The quantitative estimate of drug-likeness (QED) is 0.550. The van der Waals surface area contributed by atoms with Gasteiger partial charge in [-0.05, 0) is 6.07 Å². The summed E-state index contributed by atoms with van der Waals surface area (Å²) in [7, 11) is 0. The van der Waals surface area contributed by atoms with Gasteiger partial charge in [0.05, 0.1) is 28.6 Å². The first-order valence-electron chi connectivity index (χ1n) is 4.27. The third-order valence-electron chi connectivity index (χ3n) is 1.98. The van der Waals surface area contributed by atoms with E-state index in [0.29, 0.717) is 5.69 Å². The van der Waals surface area contributed by atoms with Gasteiger partial charge in [0.15, 0.2) is 0 Å². The number of nitro groups is 1. The Balaban J connectivity index is 2.57. The lowest BCUT2D eigenvalue weighted by Crippen LogP contribution is -1.99. The van der Waals surface area contributed by atoms with E-state index in [0.717, 1.165) is 0 Å². The SMILES string of the molecule is N#Cc1cc([N+](=O)[O-])ccc1-n1ccnn1. The summed E-state index contributed by atoms with van der Waals surface area (Å²) in [5.41, 5.74) is 0.519. The van der Waals surface area contributed by atoms with Gasteiger partial charge in [0.2, 0.25) is 0 Å². The maximum Gasteiger partial charge on any atom is 0.270 e. The summed E-state index contributed by atoms with van der Waals surface area (Å²) in [5.74, 6) is 0. The van der Waals surface area contributed by atoms with Crippen LogP contribution in [-0.2, 0) is 0 Å². The van der Waals surface area contributed by atoms with Crippen LogP contribution in [0.2, 0.25) is 0 Å². The Hall–Kier alpha value is -2.75. The molecule has 0 bridgehead atoms. The van der Waals surface area contributed by atoms with Crippen molar-refractivity contribution in [2.75, 3.05) is 0 Å². The molecule has 0 saturated carbocycles. The van der Waals surface area contributed by atoms with Crippen LogP contribution < -0.4 is 0 Å². The standard InChI is InChI=1S/C9H5N5O2/c10-6-7-5-8(14(15)16)1-2-9(7)13-4-3-11-12-13/h1-5H. The molecule has 7 nitrogen and oxygen atoms in total. The van der Waals surface area contributed by atoms with Crippen LogP contribution >= 0.6 is 0 Å². The Kier molecular flexibility index (Phi) is 2.31. The molecule has 16 heavy (non-hydrogen) atoms. The number of nitrogens with zero attached hydrogens (tertiary/aromatic N) is 5. The number of hydrogen-bond acceptors (Lipinski definition) is 5. The van der Waals surface area contributed by atoms with Crippen LogP contribution in [0.15, 0.2) is 30.6 Å². The average molecular weight is 215 g/mol. The van der Waals surface area contributed by atoms with Gasteiger partial charge in [-0.3, -0.25) is 10.1 Å². The van der Waals surface area contributed by atoms with Crippen LogP contribution in [0.4, 0.5) is 5.69 Å². The largest absolute Gasteiger partial charge is 0.270 e. The molecule has 7 heteroatoms. The van der Waals surface area contributed by atoms with Crippen LogP contribution in [0, 0.1) is 21.4 Å². The van der Waals surface area contributed by atoms with E-state index in [4.69, 9.17) is 5.26 Å². The molecule has 0 fully saturated rings. The van der Waals surface area contributed by atoms with Gasteiger partial charge >= 0.3 is 0 Å². The van der Waals surface area contributed by atoms with Gasteiger partial charge in [0.1, 0.15) is 6.07 Å². The van der Waals surface area contributed by atoms with Gasteiger partial charge in [-0.25, -0.2) is 4.68 Å². The minimum absolute atomic E-state index is 0.125. The van der Waals surface area contributed by atoms with E-state index in [1.165, 1.54) is 29.1 Å². The molecule has 0 spiro atoms. The Bertz CT molecular complexity index is 570. The Morgan fingerprint density at radius 3 is 2.88 bits per heavy atom. The molecule has 0 saturated heterocycles. The van der Waals surface area contributed by atoms with Crippen LogP contribution in [0.25, 0.3) is 5.69 Å². The fourth-order valence-corrected chi connectivity index (χ4v) is 1.26. The number of nitriles is 1. The van der Waals surface area contributed by atoms with Gasteiger partial charge in [-0.2, -0.15) is 5.26 Å². The van der Waals surface area contributed by atoms with Crippen molar-refractivity contribution in [2.24, 2.45) is 0 Å². The van der Waals surface area contributed by atoms with Crippen molar-refractivity contribution >= 4 is 5.69 Å². The zero-order valence-corrected chi connectivity index (χ0v) is 7.94. The van der Waals surface area contributed by atoms with E-state index in [2.05, 4.69) is 10.3 Å². The Labute approximate surface area is 89.7 Å². The highest BCUT2D eigenvalue weighted by Crippen LogP contribution is 2.19. The summed E-state index contributed by atoms with van der Waals surface area (Å²) in [5, 5.41) is 26.7. The highest BCUT2D eigenvalue weighted by molar-refractivity contribution is 5.53. The molecule has 2 aromatic rings. The molecule has 1 heterocycles. The van der Waals surface area contributed by atoms with E-state index in [-0.39, 0.29) is 11.3 Å². The van der Waals surface area contributed by atoms with Crippen molar-refractivity contribution in [3.63, 3.8) is 0 Å². The lowest BCUT2D eigenvalue weighted by Gasteiger charge is -2.01. The van der Waals surface area contributed by atoms with Crippen LogP contribution in [0.1, 0.15) is 5.56 Å². The number of nitro benzene ring substituents is 1. The number of aromatic nitrogens is 3. The highest BCUT2D eigenvalue weighted by Gasteiger charge is 2.11. The van der Waals surface area contributed by atoms with E-state index < -0.39 is 4.92 Å². The van der Waals surface area contributed by atoms with E-state index in [1.807, 2.05) is 6.07 Å². The van der Waals surface area contributed by atoms with Crippen LogP contribution in [-0.4, -0.2) is 19.9 Å². The third kappa shape index (κ3) is 1.59. The van der Waals surface area contributed by atoms with Gasteiger partial charge in [0, 0.05) is 12.1 Å². The summed E-state index contributed by atoms with van der Waals surface area (Å²) < 4.78 is 1.38. The van der Waals surface area contributed by atoms with E-state index in [1.54, 1.807) is 6.20 Å². The predicted molar refractivity (Wildman–Crippen MR) is 52.7 cm³/mol. The first kappa shape index (κ1) is 9.79. The monoisotopic (exact) mass is 215 g/mol. The lowest BCUT2D eigenvalue weighted by molar-refractivity contribution is -0.384. The minimum atomic E-state index is -0.550. The van der Waals surface area contributed by atoms with E-state index in [9.17, 15) is 10.1 Å². The first-order chi connectivity index (χ1) is 7.72. The zero-order valence-electron chi connectivity index (χ0n) is 7.94. The second kappa shape index (κ2) is 3.78. The highest BCUT2D eigenvalue weighted by atomic mass is 16.6. The van der Waals surface area contributed by atoms with Gasteiger partial charge < -0.3 is 0 Å². The number of non-ortho nitro benzene ring substituents is 1. The van der Waals surface area contributed by atoms with Gasteiger partial charge in [-0.1, -0.05) is 5.21 Å². The minimum Gasteiger partial charge on any atom is -0.258 e. The van der Waals surface area contributed by atoms with Crippen molar-refractivity contribution < 1.29 is 4.92 Å². The number of rotatable bonds is 2. The Morgan fingerprint density at radius 2 is 2.31 bits per heavy atom. The fourth-order valence-electron chi connectivity index (χ4n) is 1.26. The van der Waals surface area contributed by atoms with E-state index >= 15 is 0 Å². The smallest absolute Gasteiger partial charge is 0.258 e. The molecule has 0 radical (unpaired) electrons. The molecule has 0 amide bonds. The second-order valence-corrected chi connectivity index (χ2v) is 2.92. The topological polar surface area (TPSA) is 97.6 Å². The molecular weight excluding hydrogens is 210 g/mol. The third-order valence-corrected chi connectivity index (χ3v) is 1.98. The van der Waals surface area contributed by atoms with Crippen molar-refractivity contribution in [1.82, 2.24) is 15.0 Å². The van der Waals surface area contributed by atoms with Gasteiger partial charge in [-0.15, -0.1) is 5.10 Å². The van der Waals surface area contributed by atoms with Crippen molar-refractivity contribution in [3.05, 3.63) is 46.3 Å². The molecule has 0 aliphatic carbocycles. The van der Waals surface area contributed by atoms with Crippen molar-refractivity contribution in [3.8, 4) is 11.8 Å². The van der Waals surface area contributed by atoms with Crippen LogP contribution in [0.5, 0.6) is 0 Å². The predicted octanol–water partition coefficient (Wildman–Crippen LogP) is 1.05. The van der Waals surface area contributed by atoms with Gasteiger partial charge in [0.25, 0.3) is 5.69 Å². The number of hydrogen-bond donors (Lipinski definition) is 0. The molecule has 0 N–H and O–H groups in total. The van der Waals surface area contributed by atoms with Crippen LogP contribution in [0.3, 0.4) is 0 Å². The van der Waals surface area contributed by atoms with Crippen molar-refractivity contribution in [1.29, 1.82) is 5.26 Å². The molecular formula is C9H5N5O2. The first-order valence-corrected chi connectivity index (χ1v) is 4.27. The normalized spacial score (nSPS) is 9.69. The Morgan fingerprint density at radius 1 is 1.50 bits per heavy atom. The zero-order chi connectivity index (χ0) is 11.5.